The van der Waals surface area contributed by atoms with E-state index in [4.69, 9.17) is 13.9 Å². The summed E-state index contributed by atoms with van der Waals surface area (Å²) >= 11 is 0. The van der Waals surface area contributed by atoms with Crippen LogP contribution in [0.25, 0.3) is 0 Å². The molecule has 4 rings (SSSR count). The first-order chi connectivity index (χ1) is 13.3. The predicted molar refractivity (Wildman–Crippen MR) is 102 cm³/mol. The molecule has 2 atom stereocenters. The van der Waals surface area contributed by atoms with Crippen molar-refractivity contribution >= 4 is 5.69 Å². The standard InChI is InChI=1S/C22H22FNO3/c23-21-12-13-24(22(21)16-25-15-20-7-4-14-26-20)17-8-10-19(11-9-17)27-18-5-2-1-3-6-18/h1-11,14,21-22H,12-13,15-16H2. The fraction of sp³-hybridized carbons (Fsp3) is 0.273. The van der Waals surface area contributed by atoms with Crippen LogP contribution in [0.3, 0.4) is 0 Å². The molecule has 4 nitrogen and oxygen atoms in total. The Bertz CT molecular complexity index is 821. The lowest BCUT2D eigenvalue weighted by Crippen LogP contribution is -2.37. The maximum absolute atomic E-state index is 14.4. The fourth-order valence-electron chi connectivity index (χ4n) is 3.34. The van der Waals surface area contributed by atoms with Crippen molar-refractivity contribution in [3.8, 4) is 11.5 Å². The second-order valence-electron chi connectivity index (χ2n) is 6.57. The SMILES string of the molecule is FC1CCN(c2ccc(Oc3ccccc3)cc2)C1COCc1ccco1. The Labute approximate surface area is 158 Å². The number of halogens is 1. The Morgan fingerprint density at radius 1 is 0.963 bits per heavy atom. The second-order valence-corrected chi connectivity index (χ2v) is 6.57. The Hall–Kier alpha value is -2.79. The lowest BCUT2D eigenvalue weighted by molar-refractivity contribution is 0.0797. The van der Waals surface area contributed by atoms with E-state index in [1.165, 1.54) is 0 Å². The molecule has 0 N–H and O–H groups in total. The number of anilines is 1. The van der Waals surface area contributed by atoms with Crippen LogP contribution in [-0.2, 0) is 11.3 Å². The summed E-state index contributed by atoms with van der Waals surface area (Å²) in [6, 6.07) is 20.8. The first-order valence-electron chi connectivity index (χ1n) is 9.13. The molecule has 1 saturated heterocycles. The third-order valence-electron chi connectivity index (χ3n) is 4.72. The summed E-state index contributed by atoms with van der Waals surface area (Å²) in [6.45, 7) is 1.35. The van der Waals surface area contributed by atoms with Gasteiger partial charge in [-0.05, 0) is 55.0 Å². The molecule has 1 aliphatic rings. The van der Waals surface area contributed by atoms with Crippen molar-refractivity contribution in [2.75, 3.05) is 18.1 Å². The molecule has 0 bridgehead atoms. The molecule has 1 fully saturated rings. The highest BCUT2D eigenvalue weighted by Crippen LogP contribution is 2.30. The highest BCUT2D eigenvalue weighted by atomic mass is 19.1. The lowest BCUT2D eigenvalue weighted by atomic mass is 10.2. The van der Waals surface area contributed by atoms with Crippen LogP contribution in [0.15, 0.2) is 77.4 Å². The predicted octanol–water partition coefficient (Wildman–Crippen LogP) is 5.21. The van der Waals surface area contributed by atoms with Crippen LogP contribution in [0.1, 0.15) is 12.2 Å². The van der Waals surface area contributed by atoms with Crippen molar-refractivity contribution in [3.63, 3.8) is 0 Å². The van der Waals surface area contributed by atoms with Gasteiger partial charge in [0.25, 0.3) is 0 Å². The summed E-state index contributed by atoms with van der Waals surface area (Å²) in [5.74, 6) is 2.29. The van der Waals surface area contributed by atoms with Gasteiger partial charge in [0.1, 0.15) is 30.0 Å². The van der Waals surface area contributed by atoms with Gasteiger partial charge in [-0.2, -0.15) is 0 Å². The summed E-state index contributed by atoms with van der Waals surface area (Å²) in [6.07, 6.45) is 1.22. The van der Waals surface area contributed by atoms with E-state index in [9.17, 15) is 4.39 Å². The molecule has 140 valence electrons. The molecule has 0 aliphatic carbocycles. The topological polar surface area (TPSA) is 34.8 Å². The largest absolute Gasteiger partial charge is 0.467 e. The molecule has 0 spiro atoms. The van der Waals surface area contributed by atoms with Crippen molar-refractivity contribution in [2.24, 2.45) is 0 Å². The monoisotopic (exact) mass is 367 g/mol. The number of nitrogens with zero attached hydrogens (tertiary/aromatic N) is 1. The number of ether oxygens (including phenoxy) is 2. The molecule has 27 heavy (non-hydrogen) atoms. The zero-order valence-corrected chi connectivity index (χ0v) is 15.0. The summed E-state index contributed by atoms with van der Waals surface area (Å²) in [5, 5.41) is 0. The third kappa shape index (κ3) is 4.31. The number of hydrogen-bond donors (Lipinski definition) is 0. The molecule has 2 heterocycles. The van der Waals surface area contributed by atoms with E-state index >= 15 is 0 Å². The van der Waals surface area contributed by atoms with Crippen molar-refractivity contribution in [2.45, 2.75) is 25.2 Å². The Balaban J connectivity index is 1.38. The highest BCUT2D eigenvalue weighted by Gasteiger charge is 2.34. The van der Waals surface area contributed by atoms with E-state index in [0.717, 1.165) is 22.9 Å². The number of hydrogen-bond acceptors (Lipinski definition) is 4. The van der Waals surface area contributed by atoms with Gasteiger partial charge in [-0.3, -0.25) is 0 Å². The second kappa shape index (κ2) is 8.27. The number of rotatable bonds is 7. The molecule has 3 aromatic rings. The maximum Gasteiger partial charge on any atom is 0.129 e. The Kier molecular flexibility index (Phi) is 5.39. The summed E-state index contributed by atoms with van der Waals surface area (Å²) < 4.78 is 31.1. The fourth-order valence-corrected chi connectivity index (χ4v) is 3.34. The average molecular weight is 367 g/mol. The molecular formula is C22H22FNO3. The van der Waals surface area contributed by atoms with E-state index in [-0.39, 0.29) is 6.04 Å². The van der Waals surface area contributed by atoms with Gasteiger partial charge in [0, 0.05) is 12.2 Å². The van der Waals surface area contributed by atoms with Crippen LogP contribution in [-0.4, -0.2) is 25.4 Å². The zero-order valence-electron chi connectivity index (χ0n) is 15.0. The molecule has 0 amide bonds. The molecule has 0 saturated carbocycles. The van der Waals surface area contributed by atoms with Crippen molar-refractivity contribution < 1.29 is 18.3 Å². The molecule has 1 aromatic heterocycles. The minimum absolute atomic E-state index is 0.291. The minimum Gasteiger partial charge on any atom is -0.467 e. The molecule has 5 heteroatoms. The number of para-hydroxylation sites is 1. The molecule has 2 aromatic carbocycles. The van der Waals surface area contributed by atoms with Crippen molar-refractivity contribution in [1.29, 1.82) is 0 Å². The van der Waals surface area contributed by atoms with E-state index < -0.39 is 6.17 Å². The van der Waals surface area contributed by atoms with Crippen molar-refractivity contribution in [3.05, 3.63) is 78.8 Å². The van der Waals surface area contributed by atoms with Crippen LogP contribution in [0, 0.1) is 0 Å². The summed E-state index contributed by atoms with van der Waals surface area (Å²) in [7, 11) is 0. The van der Waals surface area contributed by atoms with Gasteiger partial charge >= 0.3 is 0 Å². The Morgan fingerprint density at radius 3 is 2.48 bits per heavy atom. The molecular weight excluding hydrogens is 345 g/mol. The van der Waals surface area contributed by atoms with E-state index in [1.807, 2.05) is 66.7 Å². The maximum atomic E-state index is 14.4. The van der Waals surface area contributed by atoms with Crippen LogP contribution in [0.5, 0.6) is 11.5 Å². The normalized spacial score (nSPS) is 19.4. The van der Waals surface area contributed by atoms with Gasteiger partial charge < -0.3 is 18.8 Å². The first-order valence-corrected chi connectivity index (χ1v) is 9.13. The van der Waals surface area contributed by atoms with Crippen LogP contribution < -0.4 is 9.64 Å². The third-order valence-corrected chi connectivity index (χ3v) is 4.72. The molecule has 2 unspecified atom stereocenters. The van der Waals surface area contributed by atoms with Gasteiger partial charge in [0.15, 0.2) is 0 Å². The van der Waals surface area contributed by atoms with Crippen LogP contribution >= 0.6 is 0 Å². The highest BCUT2D eigenvalue weighted by molar-refractivity contribution is 5.52. The number of benzene rings is 2. The van der Waals surface area contributed by atoms with Crippen LogP contribution in [0.4, 0.5) is 10.1 Å². The smallest absolute Gasteiger partial charge is 0.129 e. The quantitative estimate of drug-likeness (QED) is 0.574. The van der Waals surface area contributed by atoms with Crippen molar-refractivity contribution in [1.82, 2.24) is 0 Å². The number of furan rings is 1. The van der Waals surface area contributed by atoms with Gasteiger partial charge in [-0.25, -0.2) is 4.39 Å². The average Bonchev–Trinajstić information content (AvgIpc) is 3.34. The summed E-state index contributed by atoms with van der Waals surface area (Å²) in [5.41, 5.74) is 0.974. The Morgan fingerprint density at radius 2 is 1.74 bits per heavy atom. The van der Waals surface area contributed by atoms with Gasteiger partial charge in [-0.15, -0.1) is 0 Å². The minimum atomic E-state index is -0.901. The number of alkyl halides is 1. The van der Waals surface area contributed by atoms with Gasteiger partial charge in [0.05, 0.1) is 18.9 Å². The molecule has 0 radical (unpaired) electrons. The summed E-state index contributed by atoms with van der Waals surface area (Å²) in [4.78, 5) is 2.07. The lowest BCUT2D eigenvalue weighted by Gasteiger charge is -2.27. The van der Waals surface area contributed by atoms with E-state index in [2.05, 4.69) is 4.90 Å². The van der Waals surface area contributed by atoms with E-state index in [1.54, 1.807) is 6.26 Å². The van der Waals surface area contributed by atoms with Gasteiger partial charge in [-0.1, -0.05) is 18.2 Å². The zero-order chi connectivity index (χ0) is 18.5. The van der Waals surface area contributed by atoms with Crippen LogP contribution in [0.2, 0.25) is 0 Å². The first kappa shape index (κ1) is 17.6. The van der Waals surface area contributed by atoms with Gasteiger partial charge in [0.2, 0.25) is 0 Å². The van der Waals surface area contributed by atoms with E-state index in [0.29, 0.717) is 26.2 Å². The molecule has 1 aliphatic heterocycles.